The molecule has 0 saturated heterocycles. The standard InChI is InChI=1S/C26H25N5O2/c1-2-3-12-28-26(33)31(13-10-18-7-4-5-9-23(18)31)25(32)22-17-30-24-21(22)14-20(16-29-24)19-8-6-11-27-15-19/h4-11,13-17,25,32H,2-3,12H2,1H3,(H-,28,29,30,33)/p+1. The molecule has 3 N–H and O–H groups in total. The number of nitrogens with one attached hydrogen (secondary N) is 2. The number of hydrogen-bond donors (Lipinski definition) is 3. The van der Waals surface area contributed by atoms with E-state index in [1.807, 2.05) is 48.5 Å². The van der Waals surface area contributed by atoms with Crippen molar-refractivity contribution in [3.05, 3.63) is 84.6 Å². The van der Waals surface area contributed by atoms with Crippen molar-refractivity contribution in [3.8, 4) is 11.1 Å². The van der Waals surface area contributed by atoms with Gasteiger partial charge in [0.1, 0.15) is 11.8 Å². The van der Waals surface area contributed by atoms with E-state index in [0.29, 0.717) is 17.8 Å². The highest BCUT2D eigenvalue weighted by atomic mass is 16.3. The van der Waals surface area contributed by atoms with E-state index in [2.05, 4.69) is 27.2 Å². The third kappa shape index (κ3) is 3.51. The fourth-order valence-corrected chi connectivity index (χ4v) is 4.40. The van der Waals surface area contributed by atoms with Gasteiger partial charge in [-0.25, -0.2) is 9.78 Å². The zero-order valence-electron chi connectivity index (χ0n) is 18.4. The molecular weight excluding hydrogens is 414 g/mol. The summed E-state index contributed by atoms with van der Waals surface area (Å²) in [6.07, 6.45) is 11.4. The number of carbonyl (C=O) groups is 1. The van der Waals surface area contributed by atoms with Crippen LogP contribution in [-0.2, 0) is 0 Å². The van der Waals surface area contributed by atoms with Gasteiger partial charge in [0.25, 0.3) is 0 Å². The Morgan fingerprint density at radius 2 is 2.06 bits per heavy atom. The molecule has 0 bridgehead atoms. The van der Waals surface area contributed by atoms with Gasteiger partial charge in [0.05, 0.1) is 5.56 Å². The maximum absolute atomic E-state index is 13.6. The van der Waals surface area contributed by atoms with E-state index in [9.17, 15) is 9.90 Å². The minimum atomic E-state index is -1.16. The minimum Gasteiger partial charge on any atom is -0.346 e. The molecule has 0 fully saturated rings. The topological polar surface area (TPSA) is 90.9 Å². The number of aromatic amines is 1. The highest BCUT2D eigenvalue weighted by Crippen LogP contribution is 2.44. The van der Waals surface area contributed by atoms with Gasteiger partial charge in [-0.05, 0) is 24.6 Å². The first kappa shape index (κ1) is 21.1. The van der Waals surface area contributed by atoms with Gasteiger partial charge < -0.3 is 15.4 Å². The Balaban J connectivity index is 1.61. The number of amides is 2. The van der Waals surface area contributed by atoms with Crippen LogP contribution in [0.25, 0.3) is 28.2 Å². The molecule has 0 radical (unpaired) electrons. The van der Waals surface area contributed by atoms with Crippen LogP contribution < -0.4 is 9.80 Å². The van der Waals surface area contributed by atoms with Crippen LogP contribution in [0.5, 0.6) is 0 Å². The third-order valence-electron chi connectivity index (χ3n) is 6.19. The Bertz CT molecular complexity index is 1330. The van der Waals surface area contributed by atoms with E-state index >= 15 is 0 Å². The van der Waals surface area contributed by atoms with Gasteiger partial charge in [-0.3, -0.25) is 4.98 Å². The maximum atomic E-state index is 13.6. The van der Waals surface area contributed by atoms with Crippen molar-refractivity contribution in [2.75, 3.05) is 6.54 Å². The number of H-pyrrole nitrogens is 1. The van der Waals surface area contributed by atoms with Crippen molar-refractivity contribution in [1.82, 2.24) is 24.8 Å². The summed E-state index contributed by atoms with van der Waals surface area (Å²) in [5.74, 6) is 0. The number of aliphatic hydroxyl groups is 1. The van der Waals surface area contributed by atoms with E-state index in [1.54, 1.807) is 31.0 Å². The molecule has 0 saturated carbocycles. The zero-order chi connectivity index (χ0) is 22.8. The first-order valence-corrected chi connectivity index (χ1v) is 11.2. The lowest BCUT2D eigenvalue weighted by atomic mass is 10.1. The Hall–Kier alpha value is -3.81. The number of carbonyl (C=O) groups excluding carboxylic acids is 1. The van der Waals surface area contributed by atoms with Crippen LogP contribution in [0.15, 0.2) is 73.5 Å². The van der Waals surface area contributed by atoms with Crippen molar-refractivity contribution in [2.24, 2.45) is 0 Å². The predicted molar refractivity (Wildman–Crippen MR) is 130 cm³/mol. The molecule has 1 aliphatic rings. The Labute approximate surface area is 192 Å². The number of rotatable bonds is 6. The smallest absolute Gasteiger partial charge is 0.346 e. The van der Waals surface area contributed by atoms with Gasteiger partial charge in [0.2, 0.25) is 6.23 Å². The quantitative estimate of drug-likeness (QED) is 0.287. The van der Waals surface area contributed by atoms with Crippen LogP contribution in [0.1, 0.15) is 37.1 Å². The minimum absolute atomic E-state index is 0.261. The summed E-state index contributed by atoms with van der Waals surface area (Å²) < 4.78 is -0.343. The fourth-order valence-electron chi connectivity index (χ4n) is 4.40. The normalized spacial score (nSPS) is 17.8. The molecule has 2 atom stereocenters. The lowest BCUT2D eigenvalue weighted by Crippen LogP contribution is -2.56. The number of benzene rings is 1. The molecular formula is C26H26N5O2+. The second-order valence-corrected chi connectivity index (χ2v) is 8.22. The zero-order valence-corrected chi connectivity index (χ0v) is 18.4. The van der Waals surface area contributed by atoms with Crippen molar-refractivity contribution in [1.29, 1.82) is 0 Å². The highest BCUT2D eigenvalue weighted by molar-refractivity contribution is 5.96. The van der Waals surface area contributed by atoms with Crippen LogP contribution in [-0.4, -0.2) is 32.6 Å². The number of fused-ring (bicyclic) bond motifs is 2. The molecule has 0 aliphatic carbocycles. The predicted octanol–water partition coefficient (Wildman–Crippen LogP) is 5.12. The molecule has 5 rings (SSSR count). The number of pyridine rings is 2. The molecule has 1 aliphatic heterocycles. The number of hydrogen-bond acceptors (Lipinski definition) is 4. The summed E-state index contributed by atoms with van der Waals surface area (Å²) in [6.45, 7) is 2.63. The molecule has 1 aromatic carbocycles. The van der Waals surface area contributed by atoms with Crippen LogP contribution in [0.4, 0.5) is 10.5 Å². The average Bonchev–Trinajstić information content (AvgIpc) is 3.46. The van der Waals surface area contributed by atoms with Gasteiger partial charge in [-0.1, -0.05) is 31.5 Å². The third-order valence-corrected chi connectivity index (χ3v) is 6.19. The number of urea groups is 1. The summed E-state index contributed by atoms with van der Waals surface area (Å²) in [6, 6.07) is 13.2. The Morgan fingerprint density at radius 3 is 2.88 bits per heavy atom. The van der Waals surface area contributed by atoms with Crippen molar-refractivity contribution >= 4 is 28.8 Å². The monoisotopic (exact) mass is 440 g/mol. The van der Waals surface area contributed by atoms with Crippen LogP contribution in [0.2, 0.25) is 0 Å². The van der Waals surface area contributed by atoms with Crippen molar-refractivity contribution < 1.29 is 9.90 Å². The van der Waals surface area contributed by atoms with Crippen molar-refractivity contribution in [3.63, 3.8) is 0 Å². The first-order valence-electron chi connectivity index (χ1n) is 11.2. The Kier molecular flexibility index (Phi) is 5.50. The number of para-hydroxylation sites is 1. The molecule has 7 heteroatoms. The van der Waals surface area contributed by atoms with E-state index in [4.69, 9.17) is 0 Å². The van der Waals surface area contributed by atoms with E-state index < -0.39 is 6.23 Å². The molecule has 2 unspecified atom stereocenters. The van der Waals surface area contributed by atoms with Crippen molar-refractivity contribution in [2.45, 2.75) is 26.0 Å². The number of unbranched alkanes of at least 4 members (excludes halogenated alkanes) is 1. The number of aliphatic hydroxyl groups excluding tert-OH is 1. The first-order chi connectivity index (χ1) is 16.1. The molecule has 4 heterocycles. The van der Waals surface area contributed by atoms with Crippen LogP contribution >= 0.6 is 0 Å². The largest absolute Gasteiger partial charge is 0.428 e. The molecule has 33 heavy (non-hydrogen) atoms. The van der Waals surface area contributed by atoms with E-state index in [-0.39, 0.29) is 10.5 Å². The maximum Gasteiger partial charge on any atom is 0.428 e. The number of aromatic nitrogens is 3. The lowest BCUT2D eigenvalue weighted by Gasteiger charge is -2.33. The van der Waals surface area contributed by atoms with Gasteiger partial charge >= 0.3 is 6.03 Å². The van der Waals surface area contributed by atoms with Crippen LogP contribution in [0.3, 0.4) is 0 Å². The highest BCUT2D eigenvalue weighted by Gasteiger charge is 2.50. The lowest BCUT2D eigenvalue weighted by molar-refractivity contribution is 0.0643. The summed E-state index contributed by atoms with van der Waals surface area (Å²) in [7, 11) is 0. The van der Waals surface area contributed by atoms with Gasteiger partial charge in [-0.2, -0.15) is 4.48 Å². The second-order valence-electron chi connectivity index (χ2n) is 8.22. The second kappa shape index (κ2) is 8.61. The fraction of sp³-hybridized carbons (Fsp3) is 0.192. The molecule has 3 aromatic heterocycles. The molecule has 4 aromatic rings. The summed E-state index contributed by atoms with van der Waals surface area (Å²) in [5.41, 5.74) is 4.73. The Morgan fingerprint density at radius 1 is 1.18 bits per heavy atom. The molecule has 166 valence electrons. The average molecular weight is 441 g/mol. The molecule has 2 amide bonds. The summed E-state index contributed by atoms with van der Waals surface area (Å²) in [4.78, 5) is 25.5. The van der Waals surface area contributed by atoms with E-state index in [0.717, 1.165) is 40.6 Å². The van der Waals surface area contributed by atoms with Crippen LogP contribution in [0, 0.1) is 0 Å². The SMILES string of the molecule is CCCCNC(=O)[N+]1(C(O)c2c[nH]c3ncc(-c4cccnc4)cc23)C=Cc2ccccc21. The van der Waals surface area contributed by atoms with E-state index in [1.165, 1.54) is 0 Å². The molecule has 0 spiro atoms. The van der Waals surface area contributed by atoms with Gasteiger partial charge in [0.15, 0.2) is 5.69 Å². The summed E-state index contributed by atoms with van der Waals surface area (Å²) in [5, 5.41) is 15.6. The number of quaternary nitrogens is 1. The number of nitrogens with zero attached hydrogens (tertiary/aromatic N) is 3. The summed E-state index contributed by atoms with van der Waals surface area (Å²) >= 11 is 0. The molecule has 7 nitrogen and oxygen atoms in total. The van der Waals surface area contributed by atoms with Gasteiger partial charge in [0, 0.05) is 65.6 Å². The van der Waals surface area contributed by atoms with Gasteiger partial charge in [-0.15, -0.1) is 0 Å².